The molecule has 0 saturated carbocycles. The Hall–Kier alpha value is -4.06. The van der Waals surface area contributed by atoms with E-state index in [2.05, 4.69) is 4.74 Å². The number of rotatable bonds is 9. The molecule has 0 aliphatic carbocycles. The van der Waals surface area contributed by atoms with Crippen LogP contribution < -0.4 is 14.2 Å². The summed E-state index contributed by atoms with van der Waals surface area (Å²) in [5.41, 5.74) is -1.18. The molecule has 0 radical (unpaired) electrons. The first-order chi connectivity index (χ1) is 19.2. The molecule has 0 fully saturated rings. The lowest BCUT2D eigenvalue weighted by molar-refractivity contribution is -0.274. The fourth-order valence-electron chi connectivity index (χ4n) is 4.42. The van der Waals surface area contributed by atoms with E-state index in [1.807, 2.05) is 0 Å². The van der Waals surface area contributed by atoms with Crippen molar-refractivity contribution in [3.8, 4) is 28.4 Å². The molecule has 3 aromatic carbocycles. The predicted molar refractivity (Wildman–Crippen MR) is 139 cm³/mol. The summed E-state index contributed by atoms with van der Waals surface area (Å²) in [6.07, 6.45) is -11.2. The van der Waals surface area contributed by atoms with Gasteiger partial charge in [-0.2, -0.15) is 13.2 Å². The minimum absolute atomic E-state index is 0.0272. The number of halogens is 7. The van der Waals surface area contributed by atoms with Crippen molar-refractivity contribution in [1.82, 2.24) is 4.57 Å². The van der Waals surface area contributed by atoms with Crippen LogP contribution in [-0.4, -0.2) is 35.2 Å². The molecule has 4 rings (SSSR count). The van der Waals surface area contributed by atoms with Gasteiger partial charge in [-0.15, -0.1) is 13.2 Å². The second-order valence-corrected chi connectivity index (χ2v) is 9.29. The van der Waals surface area contributed by atoms with Crippen LogP contribution in [0, 0.1) is 0 Å². The molecule has 0 amide bonds. The van der Waals surface area contributed by atoms with Crippen LogP contribution in [0.2, 0.25) is 5.02 Å². The fourth-order valence-corrected chi connectivity index (χ4v) is 4.58. The highest BCUT2D eigenvalue weighted by Crippen LogP contribution is 2.45. The monoisotopic (exact) mass is 601 g/mol. The lowest BCUT2D eigenvalue weighted by Gasteiger charge is -2.18. The third-order valence-corrected chi connectivity index (χ3v) is 6.48. The van der Waals surface area contributed by atoms with E-state index in [-0.39, 0.29) is 44.8 Å². The van der Waals surface area contributed by atoms with E-state index in [0.29, 0.717) is 5.75 Å². The number of benzene rings is 3. The van der Waals surface area contributed by atoms with E-state index in [1.165, 1.54) is 49.6 Å². The van der Waals surface area contributed by atoms with Crippen molar-refractivity contribution in [2.24, 2.45) is 0 Å². The molecule has 1 heterocycles. The van der Waals surface area contributed by atoms with Gasteiger partial charge < -0.3 is 23.9 Å². The molecule has 0 aliphatic heterocycles. The minimum atomic E-state index is -5.07. The summed E-state index contributed by atoms with van der Waals surface area (Å²) < 4.78 is 98.5. The van der Waals surface area contributed by atoms with Crippen LogP contribution in [0.4, 0.5) is 26.3 Å². The molecule has 4 aromatic rings. The molecule has 1 atom stereocenters. The molecule has 0 saturated heterocycles. The topological polar surface area (TPSA) is 69.9 Å². The van der Waals surface area contributed by atoms with Crippen molar-refractivity contribution in [2.75, 3.05) is 7.11 Å². The number of ether oxygens (including phenoxy) is 3. The van der Waals surface area contributed by atoms with Gasteiger partial charge in [-0.05, 0) is 53.9 Å². The maximum Gasteiger partial charge on any atom is 0.573 e. The van der Waals surface area contributed by atoms with Crippen LogP contribution in [0.1, 0.15) is 24.6 Å². The standard InChI is InChI=1S/C28H22ClF6NO5/c1-3-22(26(37)38)40-23-12-15(4-11-20(23)29)14-36-21-13-18(41-28(33,34)35)9-10-19(21)24(25(36)27(30,31)32)16-5-7-17(39-2)8-6-16/h4-13,22H,3,14H2,1-2H3,(H,37,38). The molecule has 218 valence electrons. The first kappa shape index (κ1) is 29.9. The van der Waals surface area contributed by atoms with Gasteiger partial charge in [0.2, 0.25) is 0 Å². The van der Waals surface area contributed by atoms with E-state index in [4.69, 9.17) is 21.1 Å². The first-order valence-electron chi connectivity index (χ1n) is 12.0. The second-order valence-electron chi connectivity index (χ2n) is 8.88. The van der Waals surface area contributed by atoms with Gasteiger partial charge in [0.1, 0.15) is 22.9 Å². The Bertz CT molecular complexity index is 1560. The Morgan fingerprint density at radius 1 is 0.976 bits per heavy atom. The average molecular weight is 602 g/mol. The molecule has 1 unspecified atom stereocenters. The number of nitrogens with zero attached hydrogens (tertiary/aromatic N) is 1. The van der Waals surface area contributed by atoms with Crippen molar-refractivity contribution in [2.45, 2.75) is 38.5 Å². The van der Waals surface area contributed by atoms with E-state index >= 15 is 0 Å². The van der Waals surface area contributed by atoms with Gasteiger partial charge in [0.15, 0.2) is 6.10 Å². The number of hydrogen-bond donors (Lipinski definition) is 1. The van der Waals surface area contributed by atoms with Crippen molar-refractivity contribution in [1.29, 1.82) is 0 Å². The van der Waals surface area contributed by atoms with Gasteiger partial charge in [0, 0.05) is 23.6 Å². The zero-order valence-corrected chi connectivity index (χ0v) is 22.2. The molecular weight excluding hydrogens is 580 g/mol. The summed E-state index contributed by atoms with van der Waals surface area (Å²) in [7, 11) is 1.40. The van der Waals surface area contributed by atoms with E-state index in [9.17, 15) is 36.2 Å². The molecule has 0 aliphatic rings. The van der Waals surface area contributed by atoms with Crippen LogP contribution in [0.3, 0.4) is 0 Å². The summed E-state index contributed by atoms with van der Waals surface area (Å²) in [6.45, 7) is 1.09. The highest BCUT2D eigenvalue weighted by atomic mass is 35.5. The maximum atomic E-state index is 14.7. The van der Waals surface area contributed by atoms with Gasteiger partial charge in [0.05, 0.1) is 17.6 Å². The number of hydrogen-bond acceptors (Lipinski definition) is 4. The Morgan fingerprint density at radius 2 is 1.63 bits per heavy atom. The third-order valence-electron chi connectivity index (χ3n) is 6.17. The Morgan fingerprint density at radius 3 is 2.20 bits per heavy atom. The van der Waals surface area contributed by atoms with Crippen molar-refractivity contribution in [3.05, 3.63) is 76.9 Å². The number of carboxylic acid groups (broad SMARTS) is 1. The van der Waals surface area contributed by atoms with E-state index in [1.54, 1.807) is 6.92 Å². The number of carbonyl (C=O) groups is 1. The lowest BCUT2D eigenvalue weighted by atomic mass is 10.0. The number of aliphatic carboxylic acids is 1. The van der Waals surface area contributed by atoms with Gasteiger partial charge in [-0.3, -0.25) is 0 Å². The molecule has 1 N–H and O–H groups in total. The zero-order valence-electron chi connectivity index (χ0n) is 21.4. The molecule has 0 spiro atoms. The normalized spacial score (nSPS) is 12.8. The molecule has 0 bridgehead atoms. The predicted octanol–water partition coefficient (Wildman–Crippen LogP) is 8.18. The summed E-state index contributed by atoms with van der Waals surface area (Å²) in [4.78, 5) is 11.4. The van der Waals surface area contributed by atoms with E-state index < -0.39 is 42.6 Å². The number of alkyl halides is 6. The smallest absolute Gasteiger partial charge is 0.497 e. The van der Waals surface area contributed by atoms with Gasteiger partial charge >= 0.3 is 18.5 Å². The van der Waals surface area contributed by atoms with Crippen LogP contribution in [0.5, 0.6) is 17.2 Å². The van der Waals surface area contributed by atoms with Gasteiger partial charge in [-0.1, -0.05) is 36.7 Å². The summed E-state index contributed by atoms with van der Waals surface area (Å²) in [5, 5.41) is 9.38. The van der Waals surface area contributed by atoms with Crippen molar-refractivity contribution < 1.29 is 50.5 Å². The zero-order chi connectivity index (χ0) is 30.1. The van der Waals surface area contributed by atoms with E-state index in [0.717, 1.165) is 22.8 Å². The molecule has 6 nitrogen and oxygen atoms in total. The third kappa shape index (κ3) is 6.64. The largest absolute Gasteiger partial charge is 0.573 e. The van der Waals surface area contributed by atoms with Crippen LogP contribution in [0.25, 0.3) is 22.0 Å². The quantitative estimate of drug-likeness (QED) is 0.196. The second kappa shape index (κ2) is 11.4. The lowest BCUT2D eigenvalue weighted by Crippen LogP contribution is -2.26. The minimum Gasteiger partial charge on any atom is -0.497 e. The van der Waals surface area contributed by atoms with Gasteiger partial charge in [0.25, 0.3) is 0 Å². The fraction of sp³-hybridized carbons (Fsp3) is 0.250. The van der Waals surface area contributed by atoms with Crippen molar-refractivity contribution in [3.63, 3.8) is 0 Å². The average Bonchev–Trinajstić information content (AvgIpc) is 3.21. The summed E-state index contributed by atoms with van der Waals surface area (Å²) >= 11 is 6.16. The Labute approximate surface area is 234 Å². The highest BCUT2D eigenvalue weighted by Gasteiger charge is 2.40. The first-order valence-corrected chi connectivity index (χ1v) is 12.4. The number of carboxylic acids is 1. The molecule has 41 heavy (non-hydrogen) atoms. The number of methoxy groups -OCH3 is 1. The maximum absolute atomic E-state index is 14.7. The van der Waals surface area contributed by atoms with Crippen LogP contribution in [0.15, 0.2) is 60.7 Å². The van der Waals surface area contributed by atoms with Gasteiger partial charge in [-0.25, -0.2) is 4.79 Å². The SMILES string of the molecule is CCC(Oc1cc(Cn2c(C(F)(F)F)c(-c3ccc(OC)cc3)c3ccc(OC(F)(F)F)cc32)ccc1Cl)C(=O)O. The van der Waals surface area contributed by atoms with Crippen molar-refractivity contribution >= 4 is 28.5 Å². The summed E-state index contributed by atoms with van der Waals surface area (Å²) in [5.74, 6) is -1.63. The summed E-state index contributed by atoms with van der Waals surface area (Å²) in [6, 6.07) is 12.8. The molecule has 13 heteroatoms. The van der Waals surface area contributed by atoms with Crippen LogP contribution in [-0.2, 0) is 17.5 Å². The van der Waals surface area contributed by atoms with Crippen LogP contribution >= 0.6 is 11.6 Å². The molecular formula is C28H22ClF6NO5. The molecule has 1 aromatic heterocycles. The Balaban J connectivity index is 1.94. The highest BCUT2D eigenvalue weighted by molar-refractivity contribution is 6.32. The Kier molecular flexibility index (Phi) is 8.34. The number of aromatic nitrogens is 1. The number of fused-ring (bicyclic) bond motifs is 1.